The standard InChI is InChI=1S/C29H29F2NO6.Na/c1-14-5-19(37-4-3-18(34)12-33)6-15(2)26(14)20-8-17(23(30)10-24(20)31)13-38-25-9-16-7-21-27(22(16)11-32-25)28(21)29(35)36;/h5-6,8-11,18,21,27-28,33-34H,3-4,7,12-13H2,1-2H3,(H,35,36);/q;+1/p-1/t18-,21+,27+,28-;/m0./s1. The molecule has 2 N–H and O–H groups in total. The van der Waals surface area contributed by atoms with E-state index in [-0.39, 0.29) is 78.8 Å². The molecule has 0 spiro atoms. The van der Waals surface area contributed by atoms with Gasteiger partial charge in [0.25, 0.3) is 0 Å². The van der Waals surface area contributed by atoms with Crippen LogP contribution >= 0.6 is 0 Å². The predicted octanol–water partition coefficient (Wildman–Crippen LogP) is -0.0157. The van der Waals surface area contributed by atoms with E-state index in [0.717, 1.165) is 28.3 Å². The van der Waals surface area contributed by atoms with Crippen LogP contribution in [-0.2, 0) is 17.8 Å². The van der Waals surface area contributed by atoms with Crippen molar-refractivity contribution in [3.63, 3.8) is 0 Å². The number of aliphatic hydroxyl groups excluding tert-OH is 2. The molecule has 5 rings (SSSR count). The number of fused-ring (bicyclic) bond motifs is 3. The van der Waals surface area contributed by atoms with Gasteiger partial charge in [-0.05, 0) is 78.1 Å². The number of halogens is 2. The molecule has 1 saturated carbocycles. The Balaban J connectivity index is 0.00000353. The molecule has 1 fully saturated rings. The first-order chi connectivity index (χ1) is 18.2. The van der Waals surface area contributed by atoms with Crippen molar-refractivity contribution in [3.8, 4) is 22.8 Å². The van der Waals surface area contributed by atoms with Crippen LogP contribution in [0.5, 0.6) is 11.6 Å². The van der Waals surface area contributed by atoms with Gasteiger partial charge in [0, 0.05) is 47.8 Å². The van der Waals surface area contributed by atoms with E-state index in [0.29, 0.717) is 23.6 Å². The number of aliphatic hydroxyl groups is 2. The fourth-order valence-electron chi connectivity index (χ4n) is 5.55. The van der Waals surface area contributed by atoms with Crippen LogP contribution in [0.4, 0.5) is 8.78 Å². The van der Waals surface area contributed by atoms with Crippen molar-refractivity contribution in [1.29, 1.82) is 0 Å². The third-order valence-corrected chi connectivity index (χ3v) is 7.47. The average Bonchev–Trinajstić information content (AvgIpc) is 3.46. The maximum atomic E-state index is 14.9. The molecular weight excluding hydrogens is 519 g/mol. The number of carboxylic acid groups (broad SMARTS) is 1. The number of carboxylic acids is 1. The number of hydrogen-bond donors (Lipinski definition) is 2. The number of rotatable bonds is 10. The van der Waals surface area contributed by atoms with Gasteiger partial charge >= 0.3 is 29.6 Å². The molecule has 0 unspecified atom stereocenters. The molecule has 4 atom stereocenters. The minimum absolute atomic E-state index is 0. The number of aryl methyl sites for hydroxylation is 2. The molecule has 0 radical (unpaired) electrons. The van der Waals surface area contributed by atoms with Gasteiger partial charge in [0.05, 0.1) is 19.3 Å². The first kappa shape index (κ1) is 29.4. The average molecular weight is 548 g/mol. The van der Waals surface area contributed by atoms with Gasteiger partial charge in [-0.3, -0.25) is 0 Å². The summed E-state index contributed by atoms with van der Waals surface area (Å²) in [6, 6.07) is 7.53. The molecular formula is C29H28F2NNaO6. The molecule has 200 valence electrons. The number of aromatic nitrogens is 1. The monoisotopic (exact) mass is 547 g/mol. The van der Waals surface area contributed by atoms with Crippen LogP contribution in [0.3, 0.4) is 0 Å². The normalized spacial score (nSPS) is 19.5. The predicted molar refractivity (Wildman–Crippen MR) is 131 cm³/mol. The van der Waals surface area contributed by atoms with Crippen molar-refractivity contribution in [3.05, 3.63) is 76.0 Å². The molecule has 7 nitrogen and oxygen atoms in total. The van der Waals surface area contributed by atoms with E-state index in [4.69, 9.17) is 14.6 Å². The van der Waals surface area contributed by atoms with E-state index in [2.05, 4.69) is 4.98 Å². The molecule has 2 aromatic carbocycles. The number of pyridine rings is 1. The van der Waals surface area contributed by atoms with Gasteiger partial charge in [-0.15, -0.1) is 0 Å². The molecule has 3 aromatic rings. The quantitative estimate of drug-likeness (QED) is 0.344. The number of benzene rings is 2. The van der Waals surface area contributed by atoms with Gasteiger partial charge < -0.3 is 29.6 Å². The van der Waals surface area contributed by atoms with E-state index in [9.17, 15) is 23.8 Å². The van der Waals surface area contributed by atoms with E-state index in [1.54, 1.807) is 38.2 Å². The van der Waals surface area contributed by atoms with Gasteiger partial charge in [0.15, 0.2) is 0 Å². The third-order valence-electron chi connectivity index (χ3n) is 7.47. The Hall–Kier alpha value is -2.56. The van der Waals surface area contributed by atoms with Crippen molar-refractivity contribution >= 4 is 5.97 Å². The minimum Gasteiger partial charge on any atom is -0.550 e. The van der Waals surface area contributed by atoms with Crippen LogP contribution in [0.25, 0.3) is 11.1 Å². The Bertz CT molecular complexity index is 1380. The maximum Gasteiger partial charge on any atom is 1.00 e. The van der Waals surface area contributed by atoms with Crippen molar-refractivity contribution in [2.24, 2.45) is 11.8 Å². The number of aliphatic carboxylic acids is 1. The molecule has 2 aliphatic rings. The second kappa shape index (κ2) is 11.9. The molecule has 2 aliphatic carbocycles. The molecule has 39 heavy (non-hydrogen) atoms. The van der Waals surface area contributed by atoms with E-state index < -0.39 is 29.6 Å². The zero-order valence-electron chi connectivity index (χ0n) is 22.0. The largest absolute Gasteiger partial charge is 1.00 e. The molecule has 1 aromatic heterocycles. The topological polar surface area (TPSA) is 112 Å². The van der Waals surface area contributed by atoms with Crippen molar-refractivity contribution in [1.82, 2.24) is 4.98 Å². The smallest absolute Gasteiger partial charge is 0.550 e. The zero-order chi connectivity index (χ0) is 27.1. The summed E-state index contributed by atoms with van der Waals surface area (Å²) in [5.74, 6) is -2.08. The van der Waals surface area contributed by atoms with E-state index in [1.165, 1.54) is 6.07 Å². The maximum absolute atomic E-state index is 14.9. The summed E-state index contributed by atoms with van der Waals surface area (Å²) >= 11 is 0. The number of ether oxygens (including phenoxy) is 2. The van der Waals surface area contributed by atoms with E-state index >= 15 is 0 Å². The van der Waals surface area contributed by atoms with Crippen LogP contribution < -0.4 is 44.1 Å². The number of nitrogens with zero attached hydrogens (tertiary/aromatic N) is 1. The first-order valence-electron chi connectivity index (χ1n) is 12.5. The van der Waals surface area contributed by atoms with E-state index in [1.807, 2.05) is 0 Å². The summed E-state index contributed by atoms with van der Waals surface area (Å²) in [7, 11) is 0. The van der Waals surface area contributed by atoms with Gasteiger partial charge in [-0.25, -0.2) is 13.8 Å². The fraction of sp³-hybridized carbons (Fsp3) is 0.379. The van der Waals surface area contributed by atoms with Crippen molar-refractivity contribution in [2.45, 2.75) is 45.3 Å². The molecule has 10 heteroatoms. The summed E-state index contributed by atoms with van der Waals surface area (Å²) in [6.45, 7) is 3.32. The number of carbonyl (C=O) groups is 1. The summed E-state index contributed by atoms with van der Waals surface area (Å²) in [5.41, 5.74) is 4.35. The number of hydrogen-bond acceptors (Lipinski definition) is 7. The summed E-state index contributed by atoms with van der Waals surface area (Å²) in [4.78, 5) is 15.5. The van der Waals surface area contributed by atoms with Gasteiger partial charge in [-0.2, -0.15) is 0 Å². The van der Waals surface area contributed by atoms with Crippen molar-refractivity contribution < 1.29 is 67.9 Å². The Morgan fingerprint density at radius 1 is 1.13 bits per heavy atom. The molecule has 0 amide bonds. The molecule has 0 aliphatic heterocycles. The van der Waals surface area contributed by atoms with Crippen LogP contribution in [0.15, 0.2) is 36.5 Å². The Kier molecular flexibility index (Phi) is 8.98. The summed E-state index contributed by atoms with van der Waals surface area (Å²) in [6.07, 6.45) is 1.65. The SMILES string of the molecule is Cc1cc(OCC[C@H](O)CO)cc(C)c1-c1cc(COc2cc3c(cn2)[C@H]2[C@@H](C3)[C@@H]2C(=O)[O-])c(F)cc1F.[Na+]. The number of carbonyl (C=O) groups excluding carboxylic acids is 1. The fourth-order valence-corrected chi connectivity index (χ4v) is 5.55. The first-order valence-corrected chi connectivity index (χ1v) is 12.5. The second-order valence-corrected chi connectivity index (χ2v) is 10.1. The third kappa shape index (κ3) is 5.98. The molecule has 1 heterocycles. The van der Waals surface area contributed by atoms with Crippen LogP contribution in [-0.4, -0.2) is 40.5 Å². The zero-order valence-corrected chi connectivity index (χ0v) is 24.0. The second-order valence-electron chi connectivity index (χ2n) is 10.1. The molecule has 0 bridgehead atoms. The van der Waals surface area contributed by atoms with Gasteiger partial charge in [-0.1, -0.05) is 0 Å². The molecule has 0 saturated heterocycles. The summed E-state index contributed by atoms with van der Waals surface area (Å²) < 4.78 is 41.0. The van der Waals surface area contributed by atoms with Gasteiger partial charge in [0.1, 0.15) is 24.0 Å². The Labute approximate surface area is 247 Å². The summed E-state index contributed by atoms with van der Waals surface area (Å²) in [5, 5.41) is 29.6. The Morgan fingerprint density at radius 2 is 1.85 bits per heavy atom. The Morgan fingerprint density at radius 3 is 2.51 bits per heavy atom. The van der Waals surface area contributed by atoms with Crippen LogP contribution in [0.1, 0.15) is 40.2 Å². The van der Waals surface area contributed by atoms with Gasteiger partial charge in [0.2, 0.25) is 5.88 Å². The van der Waals surface area contributed by atoms with Crippen LogP contribution in [0.2, 0.25) is 0 Å². The minimum atomic E-state index is -1.03. The van der Waals surface area contributed by atoms with Crippen molar-refractivity contribution in [2.75, 3.05) is 13.2 Å². The van der Waals surface area contributed by atoms with Crippen LogP contribution in [0, 0.1) is 37.3 Å².